The van der Waals surface area contributed by atoms with Gasteiger partial charge in [0.25, 0.3) is 0 Å². The van der Waals surface area contributed by atoms with Crippen LogP contribution in [-0.2, 0) is 6.54 Å². The SMILES string of the molecule is Cc1ccccc1CN(C)c1cccc(N)c1. The molecule has 0 heterocycles. The van der Waals surface area contributed by atoms with Crippen molar-refractivity contribution in [1.29, 1.82) is 0 Å². The second kappa shape index (κ2) is 4.91. The van der Waals surface area contributed by atoms with Crippen molar-refractivity contribution in [2.75, 3.05) is 17.7 Å². The van der Waals surface area contributed by atoms with Crippen molar-refractivity contribution >= 4 is 11.4 Å². The fourth-order valence-electron chi connectivity index (χ4n) is 1.90. The average molecular weight is 226 g/mol. The van der Waals surface area contributed by atoms with E-state index < -0.39 is 0 Å². The number of aryl methyl sites for hydroxylation is 1. The highest BCUT2D eigenvalue weighted by atomic mass is 15.1. The van der Waals surface area contributed by atoms with Crippen molar-refractivity contribution in [2.45, 2.75) is 13.5 Å². The molecule has 0 saturated carbocycles. The van der Waals surface area contributed by atoms with E-state index in [4.69, 9.17) is 5.73 Å². The van der Waals surface area contributed by atoms with E-state index in [2.05, 4.69) is 49.2 Å². The van der Waals surface area contributed by atoms with E-state index in [0.29, 0.717) is 0 Å². The minimum Gasteiger partial charge on any atom is -0.399 e. The molecule has 2 aromatic carbocycles. The lowest BCUT2D eigenvalue weighted by molar-refractivity contribution is 0.915. The first-order valence-electron chi connectivity index (χ1n) is 5.78. The van der Waals surface area contributed by atoms with Crippen LogP contribution in [0.2, 0.25) is 0 Å². The van der Waals surface area contributed by atoms with Gasteiger partial charge in [0.1, 0.15) is 0 Å². The van der Waals surface area contributed by atoms with Gasteiger partial charge in [0, 0.05) is 25.0 Å². The van der Waals surface area contributed by atoms with Crippen molar-refractivity contribution in [3.8, 4) is 0 Å². The van der Waals surface area contributed by atoms with Gasteiger partial charge in [-0.15, -0.1) is 0 Å². The molecule has 0 saturated heterocycles. The second-order valence-corrected chi connectivity index (χ2v) is 4.38. The van der Waals surface area contributed by atoms with E-state index in [9.17, 15) is 0 Å². The Hall–Kier alpha value is -1.96. The van der Waals surface area contributed by atoms with Gasteiger partial charge in [0.2, 0.25) is 0 Å². The normalized spacial score (nSPS) is 10.2. The van der Waals surface area contributed by atoms with Crippen LogP contribution in [0.25, 0.3) is 0 Å². The summed E-state index contributed by atoms with van der Waals surface area (Å²) in [6.07, 6.45) is 0. The third-order valence-electron chi connectivity index (χ3n) is 2.98. The number of hydrogen-bond acceptors (Lipinski definition) is 2. The van der Waals surface area contributed by atoms with Gasteiger partial charge >= 0.3 is 0 Å². The first-order valence-corrected chi connectivity index (χ1v) is 5.78. The van der Waals surface area contributed by atoms with E-state index in [1.165, 1.54) is 11.1 Å². The third kappa shape index (κ3) is 2.78. The van der Waals surface area contributed by atoms with E-state index in [1.54, 1.807) is 0 Å². The minimum absolute atomic E-state index is 0.805. The maximum absolute atomic E-state index is 5.79. The third-order valence-corrected chi connectivity index (χ3v) is 2.98. The summed E-state index contributed by atoms with van der Waals surface area (Å²) < 4.78 is 0. The van der Waals surface area contributed by atoms with Crippen LogP contribution in [-0.4, -0.2) is 7.05 Å². The highest BCUT2D eigenvalue weighted by Gasteiger charge is 2.04. The molecular weight excluding hydrogens is 208 g/mol. The Morgan fingerprint density at radius 3 is 2.53 bits per heavy atom. The molecule has 0 amide bonds. The molecule has 0 spiro atoms. The first-order chi connectivity index (χ1) is 8.16. The maximum Gasteiger partial charge on any atom is 0.0428 e. The Kier molecular flexibility index (Phi) is 3.33. The van der Waals surface area contributed by atoms with Gasteiger partial charge in [0.05, 0.1) is 0 Å². The lowest BCUT2D eigenvalue weighted by Gasteiger charge is -2.20. The molecular formula is C15H18N2. The highest BCUT2D eigenvalue weighted by molar-refractivity contribution is 5.55. The van der Waals surface area contributed by atoms with Crippen molar-refractivity contribution in [2.24, 2.45) is 0 Å². The number of nitrogens with two attached hydrogens (primary N) is 1. The van der Waals surface area contributed by atoms with Crippen molar-refractivity contribution in [1.82, 2.24) is 0 Å². The number of nitrogen functional groups attached to an aromatic ring is 1. The van der Waals surface area contributed by atoms with Crippen LogP contribution < -0.4 is 10.6 Å². The van der Waals surface area contributed by atoms with E-state index in [-0.39, 0.29) is 0 Å². The monoisotopic (exact) mass is 226 g/mol. The molecule has 2 nitrogen and oxygen atoms in total. The van der Waals surface area contributed by atoms with Crippen molar-refractivity contribution < 1.29 is 0 Å². The molecule has 0 aliphatic rings. The van der Waals surface area contributed by atoms with Crippen LogP contribution in [0.4, 0.5) is 11.4 Å². The fourth-order valence-corrected chi connectivity index (χ4v) is 1.90. The summed E-state index contributed by atoms with van der Waals surface area (Å²) in [7, 11) is 2.08. The van der Waals surface area contributed by atoms with Gasteiger partial charge in [-0.25, -0.2) is 0 Å². The molecule has 0 fully saturated rings. The minimum atomic E-state index is 0.805. The highest BCUT2D eigenvalue weighted by Crippen LogP contribution is 2.19. The Morgan fingerprint density at radius 1 is 1.06 bits per heavy atom. The summed E-state index contributed by atoms with van der Waals surface area (Å²) in [5, 5.41) is 0. The molecule has 0 aliphatic carbocycles. The van der Waals surface area contributed by atoms with Gasteiger partial charge in [-0.3, -0.25) is 0 Å². The first kappa shape index (κ1) is 11.5. The van der Waals surface area contributed by atoms with Crippen LogP contribution in [0.3, 0.4) is 0 Å². The molecule has 2 heteroatoms. The molecule has 0 radical (unpaired) electrons. The van der Waals surface area contributed by atoms with Gasteiger partial charge < -0.3 is 10.6 Å². The molecule has 0 aliphatic heterocycles. The largest absolute Gasteiger partial charge is 0.399 e. The number of rotatable bonds is 3. The zero-order valence-corrected chi connectivity index (χ0v) is 10.4. The predicted octanol–water partition coefficient (Wildman–Crippen LogP) is 3.21. The molecule has 0 aromatic heterocycles. The van der Waals surface area contributed by atoms with Gasteiger partial charge in [-0.2, -0.15) is 0 Å². The van der Waals surface area contributed by atoms with Gasteiger partial charge in [-0.1, -0.05) is 30.3 Å². The van der Waals surface area contributed by atoms with E-state index in [0.717, 1.165) is 17.9 Å². The second-order valence-electron chi connectivity index (χ2n) is 4.38. The summed E-state index contributed by atoms with van der Waals surface area (Å²) in [4.78, 5) is 2.21. The molecule has 0 unspecified atom stereocenters. The Morgan fingerprint density at radius 2 is 1.82 bits per heavy atom. The Bertz CT molecular complexity index is 506. The van der Waals surface area contributed by atoms with Crippen LogP contribution in [0.15, 0.2) is 48.5 Å². The summed E-state index contributed by atoms with van der Waals surface area (Å²) in [5.41, 5.74) is 10.4. The molecule has 2 aromatic rings. The van der Waals surface area contributed by atoms with Crippen LogP contribution in [0.5, 0.6) is 0 Å². The molecule has 2 N–H and O–H groups in total. The zero-order valence-electron chi connectivity index (χ0n) is 10.4. The average Bonchev–Trinajstić information content (AvgIpc) is 2.32. The van der Waals surface area contributed by atoms with E-state index >= 15 is 0 Å². The quantitative estimate of drug-likeness (QED) is 0.814. The number of hydrogen-bond donors (Lipinski definition) is 1. The summed E-state index contributed by atoms with van der Waals surface area (Å²) in [6, 6.07) is 16.4. The lowest BCUT2D eigenvalue weighted by Crippen LogP contribution is -2.17. The zero-order chi connectivity index (χ0) is 12.3. The van der Waals surface area contributed by atoms with Crippen LogP contribution in [0.1, 0.15) is 11.1 Å². The summed E-state index contributed by atoms with van der Waals surface area (Å²) in [6.45, 7) is 3.04. The topological polar surface area (TPSA) is 29.3 Å². The number of benzene rings is 2. The Balaban J connectivity index is 2.17. The summed E-state index contributed by atoms with van der Waals surface area (Å²) >= 11 is 0. The molecule has 0 bridgehead atoms. The smallest absolute Gasteiger partial charge is 0.0428 e. The molecule has 17 heavy (non-hydrogen) atoms. The molecule has 88 valence electrons. The lowest BCUT2D eigenvalue weighted by atomic mass is 10.1. The van der Waals surface area contributed by atoms with Crippen LogP contribution >= 0.6 is 0 Å². The Labute approximate surface area is 103 Å². The summed E-state index contributed by atoms with van der Waals surface area (Å²) in [5.74, 6) is 0. The van der Waals surface area contributed by atoms with Crippen molar-refractivity contribution in [3.05, 3.63) is 59.7 Å². The number of anilines is 2. The van der Waals surface area contributed by atoms with Crippen molar-refractivity contribution in [3.63, 3.8) is 0 Å². The standard InChI is InChI=1S/C15H18N2/c1-12-6-3-4-7-13(12)11-17(2)15-9-5-8-14(16)10-15/h3-10H,11,16H2,1-2H3. The number of nitrogens with zero attached hydrogens (tertiary/aromatic N) is 1. The van der Waals surface area contributed by atoms with Crippen LogP contribution in [0, 0.1) is 6.92 Å². The fraction of sp³-hybridized carbons (Fsp3) is 0.200. The predicted molar refractivity (Wildman–Crippen MR) is 74.1 cm³/mol. The molecule has 0 atom stereocenters. The van der Waals surface area contributed by atoms with Gasteiger partial charge in [0.15, 0.2) is 0 Å². The van der Waals surface area contributed by atoms with Gasteiger partial charge in [-0.05, 0) is 36.2 Å². The van der Waals surface area contributed by atoms with E-state index in [1.807, 2.05) is 18.2 Å². The molecule has 2 rings (SSSR count). The maximum atomic E-state index is 5.79.